The molecule has 0 aliphatic carbocycles. The monoisotopic (exact) mass is 343 g/mol. The summed E-state index contributed by atoms with van der Waals surface area (Å²) in [5, 5.41) is 7.43. The highest BCUT2D eigenvalue weighted by Gasteiger charge is 2.21. The third-order valence-electron chi connectivity index (χ3n) is 3.11. The number of benzene rings is 1. The van der Waals surface area contributed by atoms with E-state index in [1.54, 1.807) is 19.3 Å². The second kappa shape index (κ2) is 6.45. The van der Waals surface area contributed by atoms with E-state index in [9.17, 15) is 8.78 Å². The molecule has 108 valence electrons. The van der Waals surface area contributed by atoms with Crippen molar-refractivity contribution in [2.45, 2.75) is 25.9 Å². The number of rotatable bonds is 5. The zero-order chi connectivity index (χ0) is 14.7. The van der Waals surface area contributed by atoms with Crippen LogP contribution < -0.4 is 5.32 Å². The number of nitrogens with zero attached hydrogens (tertiary/aromatic N) is 2. The van der Waals surface area contributed by atoms with Crippen molar-refractivity contribution in [1.82, 2.24) is 15.1 Å². The van der Waals surface area contributed by atoms with Crippen LogP contribution in [-0.2, 0) is 6.54 Å². The molecular weight excluding hydrogens is 328 g/mol. The first kappa shape index (κ1) is 15.1. The topological polar surface area (TPSA) is 29.9 Å². The normalized spacial score (nSPS) is 12.7. The Balaban J connectivity index is 2.46. The minimum Gasteiger partial charge on any atom is -0.308 e. The molecule has 0 bridgehead atoms. The van der Waals surface area contributed by atoms with Crippen molar-refractivity contribution in [3.05, 3.63) is 51.8 Å². The molecule has 6 heteroatoms. The Bertz CT molecular complexity index is 598. The fourth-order valence-corrected chi connectivity index (χ4v) is 2.73. The largest absolute Gasteiger partial charge is 0.308 e. The minimum atomic E-state index is -0.847. The number of nitrogens with one attached hydrogen (secondary N) is 1. The molecule has 0 radical (unpaired) electrons. The summed E-state index contributed by atoms with van der Waals surface area (Å²) in [4.78, 5) is 0. The van der Waals surface area contributed by atoms with Crippen LogP contribution in [0.3, 0.4) is 0 Å². The van der Waals surface area contributed by atoms with Crippen LogP contribution in [-0.4, -0.2) is 16.8 Å². The second-order valence-electron chi connectivity index (χ2n) is 4.50. The van der Waals surface area contributed by atoms with Gasteiger partial charge in [0.05, 0.1) is 22.4 Å². The summed E-state index contributed by atoms with van der Waals surface area (Å²) in [5.74, 6) is -1.69. The van der Waals surface area contributed by atoms with Gasteiger partial charge in [-0.05, 0) is 47.1 Å². The van der Waals surface area contributed by atoms with E-state index >= 15 is 0 Å². The smallest absolute Gasteiger partial charge is 0.159 e. The zero-order valence-corrected chi connectivity index (χ0v) is 12.9. The first-order valence-corrected chi connectivity index (χ1v) is 7.21. The summed E-state index contributed by atoms with van der Waals surface area (Å²) in [6.45, 7) is 2.83. The van der Waals surface area contributed by atoms with E-state index in [4.69, 9.17) is 0 Å². The lowest BCUT2D eigenvalue weighted by Gasteiger charge is -2.19. The Morgan fingerprint density at radius 3 is 2.70 bits per heavy atom. The van der Waals surface area contributed by atoms with Gasteiger partial charge in [0.25, 0.3) is 0 Å². The first-order chi connectivity index (χ1) is 9.58. The van der Waals surface area contributed by atoms with Gasteiger partial charge in [0.2, 0.25) is 0 Å². The van der Waals surface area contributed by atoms with E-state index in [0.717, 1.165) is 29.2 Å². The lowest BCUT2D eigenvalue weighted by atomic mass is 10.0. The molecule has 1 aromatic heterocycles. The molecule has 1 unspecified atom stereocenters. The van der Waals surface area contributed by atoms with Crippen molar-refractivity contribution in [1.29, 1.82) is 0 Å². The van der Waals surface area contributed by atoms with Crippen molar-refractivity contribution in [2.75, 3.05) is 7.05 Å². The van der Waals surface area contributed by atoms with Gasteiger partial charge in [0.15, 0.2) is 11.6 Å². The minimum absolute atomic E-state index is 0.256. The average molecular weight is 344 g/mol. The maximum atomic E-state index is 13.4. The van der Waals surface area contributed by atoms with Gasteiger partial charge in [-0.25, -0.2) is 8.78 Å². The van der Waals surface area contributed by atoms with Crippen molar-refractivity contribution in [3.63, 3.8) is 0 Å². The quantitative estimate of drug-likeness (QED) is 0.898. The van der Waals surface area contributed by atoms with Gasteiger partial charge >= 0.3 is 0 Å². The molecule has 3 nitrogen and oxygen atoms in total. The predicted octanol–water partition coefficient (Wildman–Crippen LogP) is 3.64. The van der Waals surface area contributed by atoms with Gasteiger partial charge in [-0.1, -0.05) is 13.0 Å². The number of hydrogen-bond acceptors (Lipinski definition) is 2. The molecule has 0 saturated carbocycles. The van der Waals surface area contributed by atoms with Crippen LogP contribution in [0.2, 0.25) is 0 Å². The molecule has 2 aromatic rings. The Morgan fingerprint density at radius 2 is 2.10 bits per heavy atom. The summed E-state index contributed by atoms with van der Waals surface area (Å²) in [7, 11) is 1.78. The molecule has 0 fully saturated rings. The predicted molar refractivity (Wildman–Crippen MR) is 77.5 cm³/mol. The van der Waals surface area contributed by atoms with Crippen molar-refractivity contribution in [2.24, 2.45) is 0 Å². The summed E-state index contributed by atoms with van der Waals surface area (Å²) < 4.78 is 29.2. The average Bonchev–Trinajstić information content (AvgIpc) is 2.77. The van der Waals surface area contributed by atoms with Crippen LogP contribution in [0.5, 0.6) is 0 Å². The first-order valence-electron chi connectivity index (χ1n) is 6.41. The molecule has 1 aromatic carbocycles. The van der Waals surface area contributed by atoms with Crippen LogP contribution in [0.1, 0.15) is 30.6 Å². The summed E-state index contributed by atoms with van der Waals surface area (Å²) in [5.41, 5.74) is 1.56. The summed E-state index contributed by atoms with van der Waals surface area (Å²) in [6.07, 6.45) is 2.66. The van der Waals surface area contributed by atoms with E-state index in [0.29, 0.717) is 5.56 Å². The molecule has 0 spiro atoms. The van der Waals surface area contributed by atoms with E-state index in [1.807, 2.05) is 4.68 Å². The maximum Gasteiger partial charge on any atom is 0.159 e. The maximum absolute atomic E-state index is 13.4. The van der Waals surface area contributed by atoms with Crippen LogP contribution >= 0.6 is 15.9 Å². The van der Waals surface area contributed by atoms with Gasteiger partial charge in [-0.2, -0.15) is 5.10 Å². The van der Waals surface area contributed by atoms with Crippen LogP contribution in [0, 0.1) is 11.6 Å². The molecule has 0 aliphatic heterocycles. The number of aryl methyl sites for hydroxylation is 1. The Kier molecular flexibility index (Phi) is 4.88. The summed E-state index contributed by atoms with van der Waals surface area (Å²) >= 11 is 3.47. The van der Waals surface area contributed by atoms with E-state index in [1.165, 1.54) is 6.07 Å². The number of hydrogen-bond donors (Lipinski definition) is 1. The standard InChI is InChI=1S/C14H16BrF2N3/c1-3-6-20-14(10(15)8-19-20)13(18-2)9-4-5-11(16)12(17)7-9/h4-5,7-8,13,18H,3,6H2,1-2H3. The SMILES string of the molecule is CCCn1ncc(Br)c1C(NC)c1ccc(F)c(F)c1. The van der Waals surface area contributed by atoms with Crippen molar-refractivity contribution >= 4 is 15.9 Å². The highest BCUT2D eigenvalue weighted by Crippen LogP contribution is 2.29. The number of halogens is 3. The Morgan fingerprint density at radius 1 is 1.35 bits per heavy atom. The van der Waals surface area contributed by atoms with Crippen LogP contribution in [0.4, 0.5) is 8.78 Å². The zero-order valence-electron chi connectivity index (χ0n) is 11.3. The molecule has 2 rings (SSSR count). The van der Waals surface area contributed by atoms with Gasteiger partial charge in [0, 0.05) is 6.54 Å². The van der Waals surface area contributed by atoms with Crippen LogP contribution in [0.25, 0.3) is 0 Å². The molecule has 1 N–H and O–H groups in total. The van der Waals surface area contributed by atoms with Gasteiger partial charge in [0.1, 0.15) is 0 Å². The van der Waals surface area contributed by atoms with E-state index in [-0.39, 0.29) is 6.04 Å². The molecule has 0 saturated heterocycles. The molecule has 1 atom stereocenters. The Hall–Kier alpha value is -1.27. The van der Waals surface area contributed by atoms with E-state index < -0.39 is 11.6 Å². The molecule has 0 aliphatic rings. The fourth-order valence-electron chi connectivity index (χ4n) is 2.20. The van der Waals surface area contributed by atoms with Gasteiger partial charge in [-0.15, -0.1) is 0 Å². The van der Waals surface area contributed by atoms with Crippen LogP contribution in [0.15, 0.2) is 28.9 Å². The molecule has 0 amide bonds. The third kappa shape index (κ3) is 2.91. The summed E-state index contributed by atoms with van der Waals surface area (Å²) in [6, 6.07) is 3.68. The molecule has 1 heterocycles. The van der Waals surface area contributed by atoms with Gasteiger partial charge < -0.3 is 5.32 Å². The molecular formula is C14H16BrF2N3. The van der Waals surface area contributed by atoms with E-state index in [2.05, 4.69) is 33.3 Å². The Labute approximate surface area is 125 Å². The van der Waals surface area contributed by atoms with Gasteiger partial charge in [-0.3, -0.25) is 4.68 Å². The number of aromatic nitrogens is 2. The lowest BCUT2D eigenvalue weighted by molar-refractivity contribution is 0.500. The molecule has 20 heavy (non-hydrogen) atoms. The highest BCUT2D eigenvalue weighted by atomic mass is 79.9. The van der Waals surface area contributed by atoms with Crippen molar-refractivity contribution in [3.8, 4) is 0 Å². The fraction of sp³-hybridized carbons (Fsp3) is 0.357. The third-order valence-corrected chi connectivity index (χ3v) is 3.72. The lowest BCUT2D eigenvalue weighted by Crippen LogP contribution is -2.22. The highest BCUT2D eigenvalue weighted by molar-refractivity contribution is 9.10. The van der Waals surface area contributed by atoms with Crippen molar-refractivity contribution < 1.29 is 8.78 Å². The second-order valence-corrected chi connectivity index (χ2v) is 5.35.